The van der Waals surface area contributed by atoms with Crippen LogP contribution in [0.2, 0.25) is 0 Å². The number of benzene rings is 1. The Bertz CT molecular complexity index is 634. The second kappa shape index (κ2) is 10.6. The minimum Gasteiger partial charge on any atom is -0.469 e. The highest BCUT2D eigenvalue weighted by Crippen LogP contribution is 2.16. The van der Waals surface area contributed by atoms with Crippen LogP contribution in [0.5, 0.6) is 0 Å². The van der Waals surface area contributed by atoms with E-state index >= 15 is 0 Å². The number of rotatable bonds is 8. The van der Waals surface area contributed by atoms with Crippen LogP contribution in [0.4, 0.5) is 0 Å². The molecule has 0 bridgehead atoms. The summed E-state index contributed by atoms with van der Waals surface area (Å²) >= 11 is 0. The molecule has 1 fully saturated rings. The van der Waals surface area contributed by atoms with Crippen molar-refractivity contribution in [3.8, 4) is 0 Å². The number of hydrogen-bond acceptors (Lipinski definition) is 5. The number of morpholine rings is 1. The molecule has 156 valence electrons. The fourth-order valence-corrected chi connectivity index (χ4v) is 3.65. The SMILES string of the molecule is COC(=O)CCN(CC(C)C)C(=O)c1ccc(CN2CC(C)OC(C)C2)cc1. The molecule has 1 aromatic rings. The molecule has 2 unspecified atom stereocenters. The number of methoxy groups -OCH3 is 1. The molecular weight excluding hydrogens is 356 g/mol. The van der Waals surface area contributed by atoms with Gasteiger partial charge >= 0.3 is 5.97 Å². The molecule has 1 aromatic carbocycles. The minimum atomic E-state index is -0.300. The van der Waals surface area contributed by atoms with Crippen LogP contribution in [-0.2, 0) is 20.8 Å². The molecule has 1 aliphatic heterocycles. The molecule has 2 rings (SSSR count). The second-order valence-corrected chi connectivity index (χ2v) is 8.12. The van der Waals surface area contributed by atoms with Gasteiger partial charge < -0.3 is 14.4 Å². The second-order valence-electron chi connectivity index (χ2n) is 8.12. The number of amides is 1. The first-order chi connectivity index (χ1) is 13.3. The third-order valence-corrected chi connectivity index (χ3v) is 4.79. The van der Waals surface area contributed by atoms with Gasteiger partial charge in [0.05, 0.1) is 25.7 Å². The van der Waals surface area contributed by atoms with E-state index in [1.807, 2.05) is 24.3 Å². The molecule has 1 saturated heterocycles. The van der Waals surface area contributed by atoms with E-state index in [4.69, 9.17) is 9.47 Å². The fraction of sp³-hybridized carbons (Fsp3) is 0.636. The Morgan fingerprint density at radius 1 is 1.18 bits per heavy atom. The summed E-state index contributed by atoms with van der Waals surface area (Å²) in [4.78, 5) is 28.5. The standard InChI is InChI=1S/C22H34N2O4/c1-16(2)12-24(11-10-21(25)27-5)22(26)20-8-6-19(7-9-20)15-23-13-17(3)28-18(4)14-23/h6-9,16-18H,10-15H2,1-5H3. The first kappa shape index (κ1) is 22.4. The molecule has 0 saturated carbocycles. The van der Waals surface area contributed by atoms with Crippen LogP contribution in [0.1, 0.15) is 50.0 Å². The average molecular weight is 391 g/mol. The van der Waals surface area contributed by atoms with Gasteiger partial charge in [0.15, 0.2) is 0 Å². The quantitative estimate of drug-likeness (QED) is 0.639. The lowest BCUT2D eigenvalue weighted by molar-refractivity contribution is -0.140. The topological polar surface area (TPSA) is 59.1 Å². The van der Waals surface area contributed by atoms with E-state index in [-0.39, 0.29) is 30.5 Å². The molecule has 1 aliphatic rings. The first-order valence-corrected chi connectivity index (χ1v) is 10.1. The van der Waals surface area contributed by atoms with Crippen LogP contribution in [-0.4, -0.2) is 67.2 Å². The predicted octanol–water partition coefficient (Wildman–Crippen LogP) is 2.96. The number of hydrogen-bond donors (Lipinski definition) is 0. The van der Waals surface area contributed by atoms with Crippen LogP contribution in [0.25, 0.3) is 0 Å². The molecule has 0 N–H and O–H groups in total. The number of nitrogens with zero attached hydrogens (tertiary/aromatic N) is 2. The van der Waals surface area contributed by atoms with Crippen molar-refractivity contribution in [2.24, 2.45) is 5.92 Å². The molecule has 6 nitrogen and oxygen atoms in total. The van der Waals surface area contributed by atoms with E-state index in [0.717, 1.165) is 19.6 Å². The highest BCUT2D eigenvalue weighted by molar-refractivity contribution is 5.94. The Morgan fingerprint density at radius 3 is 2.32 bits per heavy atom. The van der Waals surface area contributed by atoms with Gasteiger partial charge in [-0.15, -0.1) is 0 Å². The summed E-state index contributed by atoms with van der Waals surface area (Å²) in [7, 11) is 1.37. The third kappa shape index (κ3) is 6.91. The zero-order chi connectivity index (χ0) is 20.7. The Kier molecular flexibility index (Phi) is 8.45. The summed E-state index contributed by atoms with van der Waals surface area (Å²) in [6, 6.07) is 7.81. The van der Waals surface area contributed by atoms with Gasteiger partial charge in [-0.2, -0.15) is 0 Å². The molecule has 0 aromatic heterocycles. The maximum atomic E-state index is 12.9. The number of carbonyl (C=O) groups excluding carboxylic acids is 2. The highest BCUT2D eigenvalue weighted by Gasteiger charge is 2.22. The monoisotopic (exact) mass is 390 g/mol. The van der Waals surface area contributed by atoms with Crippen LogP contribution in [0.3, 0.4) is 0 Å². The molecular formula is C22H34N2O4. The summed E-state index contributed by atoms with van der Waals surface area (Å²) in [5, 5.41) is 0. The highest BCUT2D eigenvalue weighted by atomic mass is 16.5. The van der Waals surface area contributed by atoms with Crippen molar-refractivity contribution >= 4 is 11.9 Å². The van der Waals surface area contributed by atoms with Crippen LogP contribution < -0.4 is 0 Å². The van der Waals surface area contributed by atoms with Crippen molar-refractivity contribution in [2.75, 3.05) is 33.3 Å². The summed E-state index contributed by atoms with van der Waals surface area (Å²) in [6.07, 6.45) is 0.688. The molecule has 0 radical (unpaired) electrons. The Balaban J connectivity index is 2.00. The molecule has 28 heavy (non-hydrogen) atoms. The molecule has 1 amide bonds. The largest absolute Gasteiger partial charge is 0.469 e. The Hall–Kier alpha value is -1.92. The van der Waals surface area contributed by atoms with Gasteiger partial charge in [-0.25, -0.2) is 0 Å². The van der Waals surface area contributed by atoms with Crippen LogP contribution >= 0.6 is 0 Å². The predicted molar refractivity (Wildman–Crippen MR) is 109 cm³/mol. The van der Waals surface area contributed by atoms with Crippen molar-refractivity contribution in [2.45, 2.75) is 52.9 Å². The van der Waals surface area contributed by atoms with E-state index in [2.05, 4.69) is 32.6 Å². The third-order valence-electron chi connectivity index (χ3n) is 4.79. The van der Waals surface area contributed by atoms with Gasteiger partial charge in [0.2, 0.25) is 0 Å². The van der Waals surface area contributed by atoms with Crippen LogP contribution in [0.15, 0.2) is 24.3 Å². The lowest BCUT2D eigenvalue weighted by Gasteiger charge is -2.35. The molecule has 2 atom stereocenters. The maximum Gasteiger partial charge on any atom is 0.307 e. The lowest BCUT2D eigenvalue weighted by atomic mass is 10.1. The Labute approximate surface area is 168 Å². The van der Waals surface area contributed by atoms with Gasteiger partial charge in [-0.3, -0.25) is 14.5 Å². The number of carbonyl (C=O) groups is 2. The smallest absolute Gasteiger partial charge is 0.307 e. The fourth-order valence-electron chi connectivity index (χ4n) is 3.65. The molecule has 6 heteroatoms. The number of esters is 1. The van der Waals surface area contributed by atoms with Crippen molar-refractivity contribution in [3.05, 3.63) is 35.4 Å². The Morgan fingerprint density at radius 2 is 1.79 bits per heavy atom. The van der Waals surface area contributed by atoms with E-state index in [1.165, 1.54) is 12.7 Å². The van der Waals surface area contributed by atoms with Gasteiger partial charge in [0.25, 0.3) is 5.91 Å². The van der Waals surface area contributed by atoms with E-state index in [9.17, 15) is 9.59 Å². The minimum absolute atomic E-state index is 0.0437. The zero-order valence-electron chi connectivity index (χ0n) is 17.8. The van der Waals surface area contributed by atoms with E-state index < -0.39 is 0 Å². The summed E-state index contributed by atoms with van der Waals surface area (Å²) < 4.78 is 10.5. The first-order valence-electron chi connectivity index (χ1n) is 10.1. The number of ether oxygens (including phenoxy) is 2. The van der Waals surface area contributed by atoms with Gasteiger partial charge in [-0.1, -0.05) is 26.0 Å². The van der Waals surface area contributed by atoms with Crippen molar-refractivity contribution in [1.29, 1.82) is 0 Å². The summed E-state index contributed by atoms with van der Waals surface area (Å²) in [6.45, 7) is 12.0. The van der Waals surface area contributed by atoms with Crippen LogP contribution in [0, 0.1) is 5.92 Å². The lowest BCUT2D eigenvalue weighted by Crippen LogP contribution is -2.44. The van der Waals surface area contributed by atoms with Gasteiger partial charge in [0.1, 0.15) is 0 Å². The summed E-state index contributed by atoms with van der Waals surface area (Å²) in [5.41, 5.74) is 1.83. The normalized spacial score (nSPS) is 20.2. The summed E-state index contributed by atoms with van der Waals surface area (Å²) in [5.74, 6) is -0.0187. The van der Waals surface area contributed by atoms with Crippen molar-refractivity contribution in [3.63, 3.8) is 0 Å². The maximum absolute atomic E-state index is 12.9. The van der Waals surface area contributed by atoms with Crippen molar-refractivity contribution < 1.29 is 19.1 Å². The molecule has 0 spiro atoms. The van der Waals surface area contributed by atoms with E-state index in [0.29, 0.717) is 24.6 Å². The average Bonchev–Trinajstić information content (AvgIpc) is 2.63. The van der Waals surface area contributed by atoms with Crippen molar-refractivity contribution in [1.82, 2.24) is 9.80 Å². The zero-order valence-corrected chi connectivity index (χ0v) is 17.8. The molecule has 1 heterocycles. The van der Waals surface area contributed by atoms with Gasteiger partial charge in [0, 0.05) is 38.3 Å². The van der Waals surface area contributed by atoms with E-state index in [1.54, 1.807) is 4.90 Å². The molecule has 0 aliphatic carbocycles. The van der Waals surface area contributed by atoms with Gasteiger partial charge in [-0.05, 0) is 37.5 Å².